The molecule has 0 saturated carbocycles. The summed E-state index contributed by atoms with van der Waals surface area (Å²) in [7, 11) is 2.43. The lowest BCUT2D eigenvalue weighted by molar-refractivity contribution is -0.136. The molecule has 2 aromatic rings. The minimum atomic E-state index is -0.692. The molecular formula is C24H20N2O6. The molecule has 0 heterocycles. The van der Waals surface area contributed by atoms with Crippen LogP contribution in [0.4, 0.5) is 0 Å². The zero-order chi connectivity index (χ0) is 23.3. The number of rotatable bonds is 9. The van der Waals surface area contributed by atoms with E-state index in [9.17, 15) is 9.59 Å². The van der Waals surface area contributed by atoms with E-state index < -0.39 is 11.9 Å². The fourth-order valence-corrected chi connectivity index (χ4v) is 2.47. The Morgan fingerprint density at radius 1 is 0.719 bits per heavy atom. The van der Waals surface area contributed by atoms with Crippen LogP contribution in [0.15, 0.2) is 59.7 Å². The van der Waals surface area contributed by atoms with E-state index in [2.05, 4.69) is 9.47 Å². The average Bonchev–Trinajstić information content (AvgIpc) is 2.84. The van der Waals surface area contributed by atoms with Crippen LogP contribution < -0.4 is 9.47 Å². The van der Waals surface area contributed by atoms with E-state index in [1.807, 2.05) is 0 Å². The van der Waals surface area contributed by atoms with Gasteiger partial charge in [-0.05, 0) is 47.5 Å². The Bertz CT molecular complexity index is 998. The van der Waals surface area contributed by atoms with Crippen LogP contribution in [-0.2, 0) is 19.1 Å². The van der Waals surface area contributed by atoms with Crippen LogP contribution in [0, 0.1) is 22.7 Å². The van der Waals surface area contributed by atoms with Crippen LogP contribution in [0.5, 0.6) is 11.5 Å². The van der Waals surface area contributed by atoms with Gasteiger partial charge in [0.15, 0.2) is 0 Å². The molecule has 2 aromatic carbocycles. The summed E-state index contributed by atoms with van der Waals surface area (Å²) in [4.78, 5) is 22.9. The molecule has 0 saturated heterocycles. The number of nitriles is 2. The number of esters is 2. The molecule has 0 bridgehead atoms. The molecule has 0 spiro atoms. The highest BCUT2D eigenvalue weighted by Crippen LogP contribution is 2.17. The van der Waals surface area contributed by atoms with Crippen molar-refractivity contribution in [3.8, 4) is 23.6 Å². The molecule has 0 amide bonds. The zero-order valence-electron chi connectivity index (χ0n) is 17.5. The second-order valence-corrected chi connectivity index (χ2v) is 6.16. The van der Waals surface area contributed by atoms with Crippen LogP contribution in [0.1, 0.15) is 11.1 Å². The number of methoxy groups -OCH3 is 2. The molecule has 0 unspecified atom stereocenters. The van der Waals surface area contributed by atoms with E-state index in [0.717, 1.165) is 0 Å². The number of hydrogen-bond donors (Lipinski definition) is 0. The SMILES string of the molecule is COC(=O)C(C#N)=Cc1ccc(OCCOc2ccc(C=C(C#N)C(=O)OC)cc2)cc1. The Morgan fingerprint density at radius 3 is 1.34 bits per heavy atom. The van der Waals surface area contributed by atoms with E-state index in [1.54, 1.807) is 60.7 Å². The monoisotopic (exact) mass is 432 g/mol. The van der Waals surface area contributed by atoms with Gasteiger partial charge in [-0.3, -0.25) is 0 Å². The first kappa shape index (κ1) is 23.7. The van der Waals surface area contributed by atoms with E-state index in [1.165, 1.54) is 26.4 Å². The van der Waals surface area contributed by atoms with Crippen LogP contribution in [-0.4, -0.2) is 39.4 Å². The lowest BCUT2D eigenvalue weighted by atomic mass is 10.1. The van der Waals surface area contributed by atoms with Gasteiger partial charge in [0.2, 0.25) is 0 Å². The van der Waals surface area contributed by atoms with E-state index in [4.69, 9.17) is 20.0 Å². The van der Waals surface area contributed by atoms with Crippen molar-refractivity contribution in [1.82, 2.24) is 0 Å². The van der Waals surface area contributed by atoms with Gasteiger partial charge in [0.05, 0.1) is 14.2 Å². The van der Waals surface area contributed by atoms with Gasteiger partial charge >= 0.3 is 11.9 Å². The molecule has 0 fully saturated rings. The summed E-state index contributed by atoms with van der Waals surface area (Å²) in [6, 6.07) is 17.3. The highest BCUT2D eigenvalue weighted by molar-refractivity contribution is 5.98. The third-order valence-electron chi connectivity index (χ3n) is 4.05. The van der Waals surface area contributed by atoms with Gasteiger partial charge in [0, 0.05) is 0 Å². The predicted octanol–water partition coefficient (Wildman–Crippen LogP) is 3.30. The molecule has 0 radical (unpaired) electrons. The van der Waals surface area contributed by atoms with Crippen molar-refractivity contribution < 1.29 is 28.5 Å². The summed E-state index contributed by atoms with van der Waals surface area (Å²) < 4.78 is 20.3. The molecule has 0 aliphatic carbocycles. The minimum Gasteiger partial charge on any atom is -0.490 e. The van der Waals surface area contributed by atoms with Gasteiger partial charge in [0.1, 0.15) is 48.0 Å². The summed E-state index contributed by atoms with van der Waals surface area (Å²) in [5, 5.41) is 18.0. The van der Waals surface area contributed by atoms with Crippen LogP contribution in [0.3, 0.4) is 0 Å². The second kappa shape index (κ2) is 12.2. The first-order valence-corrected chi connectivity index (χ1v) is 9.36. The standard InChI is InChI=1S/C24H20N2O6/c1-29-23(27)19(15-25)13-17-3-7-21(8-4-17)31-11-12-32-22-9-5-18(6-10-22)14-20(16-26)24(28)30-2/h3-10,13-14H,11-12H2,1-2H3. The van der Waals surface area contributed by atoms with Crippen LogP contribution >= 0.6 is 0 Å². The van der Waals surface area contributed by atoms with Crippen LogP contribution in [0.2, 0.25) is 0 Å². The van der Waals surface area contributed by atoms with Gasteiger partial charge in [-0.25, -0.2) is 9.59 Å². The number of benzene rings is 2. The molecule has 32 heavy (non-hydrogen) atoms. The Morgan fingerprint density at radius 2 is 1.06 bits per heavy atom. The van der Waals surface area contributed by atoms with Crippen LogP contribution in [0.25, 0.3) is 12.2 Å². The fourth-order valence-electron chi connectivity index (χ4n) is 2.47. The number of ether oxygens (including phenoxy) is 4. The predicted molar refractivity (Wildman–Crippen MR) is 115 cm³/mol. The zero-order valence-corrected chi connectivity index (χ0v) is 17.5. The van der Waals surface area contributed by atoms with Gasteiger partial charge in [-0.2, -0.15) is 10.5 Å². The molecule has 0 aromatic heterocycles. The molecule has 0 aliphatic rings. The molecular weight excluding hydrogens is 412 g/mol. The van der Waals surface area contributed by atoms with Crippen molar-refractivity contribution in [2.24, 2.45) is 0 Å². The molecule has 0 aliphatic heterocycles. The van der Waals surface area contributed by atoms with Crippen molar-refractivity contribution in [3.05, 3.63) is 70.8 Å². The number of hydrogen-bond acceptors (Lipinski definition) is 8. The summed E-state index contributed by atoms with van der Waals surface area (Å²) >= 11 is 0. The topological polar surface area (TPSA) is 119 Å². The molecule has 0 atom stereocenters. The summed E-state index contributed by atoms with van der Waals surface area (Å²) in [5.41, 5.74) is 1.14. The number of nitrogens with zero attached hydrogens (tertiary/aromatic N) is 2. The highest BCUT2D eigenvalue weighted by Gasteiger charge is 2.09. The maximum Gasteiger partial charge on any atom is 0.348 e. The van der Waals surface area contributed by atoms with Gasteiger partial charge < -0.3 is 18.9 Å². The van der Waals surface area contributed by atoms with Crippen molar-refractivity contribution in [2.75, 3.05) is 27.4 Å². The molecule has 0 N–H and O–H groups in total. The summed E-state index contributed by atoms with van der Waals surface area (Å²) in [6.07, 6.45) is 2.87. The largest absolute Gasteiger partial charge is 0.490 e. The van der Waals surface area contributed by atoms with Gasteiger partial charge in [0.25, 0.3) is 0 Å². The van der Waals surface area contributed by atoms with Gasteiger partial charge in [-0.1, -0.05) is 24.3 Å². The van der Waals surface area contributed by atoms with E-state index >= 15 is 0 Å². The maximum absolute atomic E-state index is 11.4. The molecule has 162 valence electrons. The fraction of sp³-hybridized carbons (Fsp3) is 0.167. The number of carbonyl (C=O) groups is 2. The Labute approximate surface area is 185 Å². The summed E-state index contributed by atoms with van der Waals surface area (Å²) in [5.74, 6) is -0.171. The lowest BCUT2D eigenvalue weighted by Crippen LogP contribution is -2.09. The van der Waals surface area contributed by atoms with E-state index in [0.29, 0.717) is 35.8 Å². The second-order valence-electron chi connectivity index (χ2n) is 6.16. The Kier molecular flexibility index (Phi) is 9.05. The normalized spacial score (nSPS) is 11.0. The molecule has 8 nitrogen and oxygen atoms in total. The minimum absolute atomic E-state index is 0.0924. The highest BCUT2D eigenvalue weighted by atomic mass is 16.5. The summed E-state index contributed by atoms with van der Waals surface area (Å²) in [6.45, 7) is 0.590. The van der Waals surface area contributed by atoms with Gasteiger partial charge in [-0.15, -0.1) is 0 Å². The third kappa shape index (κ3) is 7.05. The van der Waals surface area contributed by atoms with Crippen molar-refractivity contribution in [1.29, 1.82) is 10.5 Å². The van der Waals surface area contributed by atoms with Crippen molar-refractivity contribution >= 4 is 24.1 Å². The molecule has 8 heteroatoms. The quantitative estimate of drug-likeness (QED) is 0.256. The number of carbonyl (C=O) groups excluding carboxylic acids is 2. The smallest absolute Gasteiger partial charge is 0.348 e. The third-order valence-corrected chi connectivity index (χ3v) is 4.05. The molecule has 2 rings (SSSR count). The first-order valence-electron chi connectivity index (χ1n) is 9.36. The van der Waals surface area contributed by atoms with Crippen molar-refractivity contribution in [2.45, 2.75) is 0 Å². The van der Waals surface area contributed by atoms with E-state index in [-0.39, 0.29) is 11.1 Å². The van der Waals surface area contributed by atoms with Crippen molar-refractivity contribution in [3.63, 3.8) is 0 Å². The first-order chi connectivity index (χ1) is 15.5. The average molecular weight is 432 g/mol. The Balaban J connectivity index is 1.85. The maximum atomic E-state index is 11.4. The lowest BCUT2D eigenvalue weighted by Gasteiger charge is -2.09. The Hall–Kier alpha value is -4.56.